The number of benzene rings is 2. The number of rotatable bonds is 6. The maximum atomic E-state index is 13.0. The highest BCUT2D eigenvalue weighted by atomic mass is 16.5. The van der Waals surface area contributed by atoms with Crippen LogP contribution in [0.1, 0.15) is 40.3 Å². The molecule has 27 heavy (non-hydrogen) atoms. The molecule has 0 atom stereocenters. The first-order chi connectivity index (χ1) is 13.0. The highest BCUT2D eigenvalue weighted by molar-refractivity contribution is 6.08. The Morgan fingerprint density at radius 3 is 2.59 bits per heavy atom. The van der Waals surface area contributed by atoms with Crippen LogP contribution in [0.15, 0.2) is 42.5 Å². The molecule has 0 unspecified atom stereocenters. The lowest BCUT2D eigenvalue weighted by Gasteiger charge is -2.10. The maximum absolute atomic E-state index is 13.0. The highest BCUT2D eigenvalue weighted by Gasteiger charge is 2.20. The minimum Gasteiger partial charge on any atom is -0.494 e. The zero-order chi connectivity index (χ0) is 19.6. The van der Waals surface area contributed by atoms with E-state index in [0.29, 0.717) is 24.5 Å². The van der Waals surface area contributed by atoms with Gasteiger partial charge in [-0.25, -0.2) is 4.79 Å². The SMILES string of the molecule is CCOc1ccc2c(c1)c(C)c(C(=O)Nc1cccc(C(=O)O)c1)n2CC. The molecule has 2 aromatic carbocycles. The van der Waals surface area contributed by atoms with Gasteiger partial charge in [0, 0.05) is 23.1 Å². The molecular weight excluding hydrogens is 344 g/mol. The Labute approximate surface area is 157 Å². The van der Waals surface area contributed by atoms with E-state index in [9.17, 15) is 9.59 Å². The van der Waals surface area contributed by atoms with E-state index in [-0.39, 0.29) is 11.5 Å². The van der Waals surface area contributed by atoms with Gasteiger partial charge in [0.2, 0.25) is 0 Å². The number of aryl methyl sites for hydroxylation is 2. The second-order valence-corrected chi connectivity index (χ2v) is 6.17. The standard InChI is InChI=1S/C21H22N2O4/c1-4-23-18-10-9-16(27-5-2)12-17(18)13(3)19(23)20(24)22-15-8-6-7-14(11-15)21(25)26/h6-12H,4-5H2,1-3H3,(H,22,24)(H,25,26). The lowest BCUT2D eigenvalue weighted by Crippen LogP contribution is -2.18. The topological polar surface area (TPSA) is 80.6 Å². The number of carbonyl (C=O) groups is 2. The number of nitrogens with one attached hydrogen (secondary N) is 1. The molecule has 1 aromatic heterocycles. The third kappa shape index (κ3) is 3.51. The number of ether oxygens (including phenoxy) is 1. The molecule has 1 heterocycles. The van der Waals surface area contributed by atoms with Gasteiger partial charge in [0.15, 0.2) is 0 Å². The van der Waals surface area contributed by atoms with E-state index < -0.39 is 5.97 Å². The van der Waals surface area contributed by atoms with Gasteiger partial charge in [0.05, 0.1) is 12.2 Å². The Balaban J connectivity index is 2.02. The van der Waals surface area contributed by atoms with Crippen LogP contribution in [0, 0.1) is 6.92 Å². The average Bonchev–Trinajstić information content (AvgIpc) is 2.94. The predicted octanol–water partition coefficient (Wildman–Crippen LogP) is 4.32. The number of aromatic carboxylic acids is 1. The molecule has 0 aliphatic rings. The van der Waals surface area contributed by atoms with Gasteiger partial charge in [0.1, 0.15) is 11.4 Å². The van der Waals surface area contributed by atoms with Gasteiger partial charge in [-0.15, -0.1) is 0 Å². The molecule has 140 valence electrons. The van der Waals surface area contributed by atoms with Crippen LogP contribution < -0.4 is 10.1 Å². The zero-order valence-corrected chi connectivity index (χ0v) is 15.6. The van der Waals surface area contributed by atoms with Gasteiger partial charge < -0.3 is 19.7 Å². The van der Waals surface area contributed by atoms with Gasteiger partial charge in [0.25, 0.3) is 5.91 Å². The molecule has 0 aliphatic heterocycles. The lowest BCUT2D eigenvalue weighted by atomic mass is 10.1. The number of amides is 1. The van der Waals surface area contributed by atoms with Crippen molar-refractivity contribution in [1.82, 2.24) is 4.57 Å². The van der Waals surface area contributed by atoms with E-state index in [4.69, 9.17) is 9.84 Å². The second-order valence-electron chi connectivity index (χ2n) is 6.17. The molecule has 0 aliphatic carbocycles. The van der Waals surface area contributed by atoms with Crippen LogP contribution in [-0.2, 0) is 6.54 Å². The van der Waals surface area contributed by atoms with Crippen molar-refractivity contribution in [3.05, 3.63) is 59.3 Å². The minimum atomic E-state index is -1.03. The van der Waals surface area contributed by atoms with Crippen LogP contribution >= 0.6 is 0 Å². The molecule has 0 bridgehead atoms. The Bertz CT molecular complexity index is 1020. The quantitative estimate of drug-likeness (QED) is 0.681. The van der Waals surface area contributed by atoms with Gasteiger partial charge in [-0.1, -0.05) is 6.07 Å². The third-order valence-corrected chi connectivity index (χ3v) is 4.50. The van der Waals surface area contributed by atoms with Gasteiger partial charge in [-0.05, 0) is 62.7 Å². The summed E-state index contributed by atoms with van der Waals surface area (Å²) in [5.74, 6) is -0.540. The number of carbonyl (C=O) groups excluding carboxylic acids is 1. The summed E-state index contributed by atoms with van der Waals surface area (Å²) in [6.45, 7) is 7.03. The van der Waals surface area contributed by atoms with Crippen molar-refractivity contribution in [1.29, 1.82) is 0 Å². The summed E-state index contributed by atoms with van der Waals surface area (Å²) in [6, 6.07) is 12.0. The van der Waals surface area contributed by atoms with Crippen molar-refractivity contribution >= 4 is 28.5 Å². The number of anilines is 1. The van der Waals surface area contributed by atoms with E-state index in [1.54, 1.807) is 12.1 Å². The predicted molar refractivity (Wildman–Crippen MR) is 105 cm³/mol. The Kier molecular flexibility index (Phi) is 5.16. The largest absolute Gasteiger partial charge is 0.494 e. The molecule has 6 nitrogen and oxygen atoms in total. The molecule has 0 spiro atoms. The van der Waals surface area contributed by atoms with Gasteiger partial charge in [-0.2, -0.15) is 0 Å². The van der Waals surface area contributed by atoms with Crippen molar-refractivity contribution in [3.8, 4) is 5.75 Å². The third-order valence-electron chi connectivity index (χ3n) is 4.50. The van der Waals surface area contributed by atoms with E-state index >= 15 is 0 Å². The molecule has 3 rings (SSSR count). The van der Waals surface area contributed by atoms with E-state index in [1.165, 1.54) is 12.1 Å². The molecule has 2 N–H and O–H groups in total. The lowest BCUT2D eigenvalue weighted by molar-refractivity contribution is 0.0696. The van der Waals surface area contributed by atoms with Crippen LogP contribution in [0.3, 0.4) is 0 Å². The summed E-state index contributed by atoms with van der Waals surface area (Å²) in [4.78, 5) is 24.1. The van der Waals surface area contributed by atoms with Crippen LogP contribution in [0.2, 0.25) is 0 Å². The summed E-state index contributed by atoms with van der Waals surface area (Å²) in [5, 5.41) is 12.9. The average molecular weight is 366 g/mol. The summed E-state index contributed by atoms with van der Waals surface area (Å²) >= 11 is 0. The Morgan fingerprint density at radius 1 is 1.15 bits per heavy atom. The van der Waals surface area contributed by atoms with Crippen molar-refractivity contribution in [2.75, 3.05) is 11.9 Å². The van der Waals surface area contributed by atoms with E-state index in [0.717, 1.165) is 22.2 Å². The number of aromatic nitrogens is 1. The normalized spacial score (nSPS) is 10.8. The number of hydrogen-bond donors (Lipinski definition) is 2. The molecule has 0 radical (unpaired) electrons. The first-order valence-electron chi connectivity index (χ1n) is 8.86. The van der Waals surface area contributed by atoms with Gasteiger partial charge >= 0.3 is 5.97 Å². The molecular formula is C21H22N2O4. The van der Waals surface area contributed by atoms with Crippen molar-refractivity contribution in [2.24, 2.45) is 0 Å². The van der Waals surface area contributed by atoms with Crippen molar-refractivity contribution in [3.63, 3.8) is 0 Å². The van der Waals surface area contributed by atoms with Crippen LogP contribution in [0.25, 0.3) is 10.9 Å². The van der Waals surface area contributed by atoms with Crippen LogP contribution in [0.5, 0.6) is 5.75 Å². The Hall–Kier alpha value is -3.28. The summed E-state index contributed by atoms with van der Waals surface area (Å²) < 4.78 is 7.53. The maximum Gasteiger partial charge on any atom is 0.335 e. The number of carboxylic acid groups (broad SMARTS) is 1. The monoisotopic (exact) mass is 366 g/mol. The second kappa shape index (κ2) is 7.53. The zero-order valence-electron chi connectivity index (χ0n) is 15.6. The first-order valence-corrected chi connectivity index (χ1v) is 8.86. The fourth-order valence-corrected chi connectivity index (χ4v) is 3.30. The minimum absolute atomic E-state index is 0.127. The number of hydrogen-bond acceptors (Lipinski definition) is 3. The molecule has 0 saturated heterocycles. The van der Waals surface area contributed by atoms with Crippen molar-refractivity contribution in [2.45, 2.75) is 27.3 Å². The van der Waals surface area contributed by atoms with E-state index in [1.807, 2.05) is 43.5 Å². The fraction of sp³-hybridized carbons (Fsp3) is 0.238. The summed E-state index contributed by atoms with van der Waals surface area (Å²) in [5.41, 5.74) is 2.95. The molecule has 1 amide bonds. The van der Waals surface area contributed by atoms with Gasteiger partial charge in [-0.3, -0.25) is 4.79 Å². The van der Waals surface area contributed by atoms with Crippen molar-refractivity contribution < 1.29 is 19.4 Å². The van der Waals surface area contributed by atoms with Crippen LogP contribution in [-0.4, -0.2) is 28.2 Å². The molecule has 3 aromatic rings. The van der Waals surface area contributed by atoms with Crippen LogP contribution in [0.4, 0.5) is 5.69 Å². The number of fused-ring (bicyclic) bond motifs is 1. The number of carboxylic acids is 1. The highest BCUT2D eigenvalue weighted by Crippen LogP contribution is 2.30. The first kappa shape index (κ1) is 18.5. The smallest absolute Gasteiger partial charge is 0.335 e. The molecule has 6 heteroatoms. The Morgan fingerprint density at radius 2 is 1.93 bits per heavy atom. The fourth-order valence-electron chi connectivity index (χ4n) is 3.30. The number of nitrogens with zero attached hydrogens (tertiary/aromatic N) is 1. The molecule has 0 saturated carbocycles. The summed E-state index contributed by atoms with van der Waals surface area (Å²) in [6.07, 6.45) is 0. The summed E-state index contributed by atoms with van der Waals surface area (Å²) in [7, 11) is 0. The van der Waals surface area contributed by atoms with E-state index in [2.05, 4.69) is 5.32 Å². The molecule has 0 fully saturated rings.